The molecule has 4 aromatic heterocycles. The minimum Gasteiger partial charge on any atom is -0.456 e. The molecule has 0 aliphatic rings. The zero-order chi connectivity index (χ0) is 43.2. The van der Waals surface area contributed by atoms with E-state index < -0.39 is 11.8 Å². The zero-order valence-corrected chi connectivity index (χ0v) is 36.1. The van der Waals surface area contributed by atoms with Crippen LogP contribution in [0.2, 0.25) is 0 Å². The van der Waals surface area contributed by atoms with E-state index in [1.165, 1.54) is 16.7 Å². The predicted octanol–water partition coefficient (Wildman–Crippen LogP) is 12.9. The first-order valence-electron chi connectivity index (χ1n) is 21.3. The number of benzene rings is 4. The molecule has 0 aliphatic carbocycles. The second kappa shape index (κ2) is 14.0. The molecule has 0 fully saturated rings. The minimum absolute atomic E-state index is 0.0378. The summed E-state index contributed by atoms with van der Waals surface area (Å²) < 4.78 is 31.0. The van der Waals surface area contributed by atoms with E-state index in [0.717, 1.165) is 44.2 Å². The Morgan fingerprint density at radius 2 is 1.33 bits per heavy atom. The predicted molar refractivity (Wildman–Crippen MR) is 239 cm³/mol. The molecule has 0 atom stereocenters. The van der Waals surface area contributed by atoms with Crippen molar-refractivity contribution < 1.29 is 12.0 Å². The lowest BCUT2D eigenvalue weighted by molar-refractivity contribution is -0.572. The van der Waals surface area contributed by atoms with Crippen molar-refractivity contribution in [2.75, 3.05) is 0 Å². The van der Waals surface area contributed by atoms with Crippen LogP contribution in [0.25, 0.3) is 50.0 Å². The molecule has 0 amide bonds. The van der Waals surface area contributed by atoms with E-state index in [1.54, 1.807) is 18.5 Å². The van der Waals surface area contributed by atoms with E-state index in [9.17, 15) is 0 Å². The number of imidazole rings is 1. The second-order valence-corrected chi connectivity index (χ2v) is 19.8. The molecular weight excluding hydrogens is 711 g/mol. The van der Waals surface area contributed by atoms with E-state index in [0.29, 0.717) is 22.9 Å². The number of hydrogen-bond acceptors (Lipinski definition) is 3. The molecule has 6 nitrogen and oxygen atoms in total. The molecule has 0 bridgehead atoms. The molecule has 0 saturated heterocycles. The van der Waals surface area contributed by atoms with E-state index in [4.69, 9.17) is 17.4 Å². The fourth-order valence-electron chi connectivity index (χ4n) is 7.60. The summed E-state index contributed by atoms with van der Waals surface area (Å²) in [4.78, 5) is 9.48. The zero-order valence-electron chi connectivity index (χ0n) is 38.1. The fourth-order valence-corrected chi connectivity index (χ4v) is 7.60. The summed E-state index contributed by atoms with van der Waals surface area (Å²) in [5.74, 6) is 1.88. The lowest BCUT2D eigenvalue weighted by Gasteiger charge is -2.26. The smallest absolute Gasteiger partial charge is 0.269 e. The highest BCUT2D eigenvalue weighted by Crippen LogP contribution is 2.37. The highest BCUT2D eigenvalue weighted by atomic mass is 16.5. The van der Waals surface area contributed by atoms with Gasteiger partial charge in [-0.3, -0.25) is 18.7 Å². The summed E-state index contributed by atoms with van der Waals surface area (Å²) >= 11 is 0. The standard InChI is InChI=1S/C52H57N5O/c1-49(2,3)30-34-21-22-54-48(23-34)57-44-16-14-13-15-42(44)43-19-18-40(29-46(43)57)58-41-28-39(31-53-32-41)56-33-55(45-20-17-35(27-47(45)56)50(4,5)6)38-25-36(51(7,8)9)24-37(26-38)52(10,11)12/h13-29,31-32H,30H2,1-12H3/i30D2. The maximum atomic E-state index is 8.99. The SMILES string of the molecule is [2H]C([2H])(c1ccnc(-n2c3ccccc3c3ccc(Oc4cncc(-n5[c-][n+](-c6cc(C(C)(C)C)cc(C(C)(C)C)c6)c6ccc(C(C)(C)C)cc65)c4)cc32)c1)C(C)(C)C. The maximum Gasteiger partial charge on any atom is 0.269 e. The molecule has 6 heteroatoms. The van der Waals surface area contributed by atoms with Crippen molar-refractivity contribution in [1.82, 2.24) is 19.1 Å². The quantitative estimate of drug-likeness (QED) is 0.125. The first-order valence-corrected chi connectivity index (χ1v) is 20.3. The molecule has 8 rings (SSSR count). The van der Waals surface area contributed by atoms with Crippen LogP contribution in [0.1, 0.15) is 108 Å². The molecule has 0 N–H and O–H groups in total. The minimum atomic E-state index is -1.57. The summed E-state index contributed by atoms with van der Waals surface area (Å²) in [6.45, 7) is 26.1. The first-order chi connectivity index (χ1) is 28.0. The number of para-hydroxylation sites is 1. The van der Waals surface area contributed by atoms with Gasteiger partial charge >= 0.3 is 0 Å². The Balaban J connectivity index is 1.24. The number of aromatic nitrogens is 5. The molecule has 0 spiro atoms. The van der Waals surface area contributed by atoms with Crippen molar-refractivity contribution in [3.8, 4) is 28.7 Å². The Morgan fingerprint density at radius 3 is 2.02 bits per heavy atom. The summed E-state index contributed by atoms with van der Waals surface area (Å²) in [5, 5.41) is 2.13. The summed E-state index contributed by atoms with van der Waals surface area (Å²) in [6, 6.07) is 33.7. The van der Waals surface area contributed by atoms with E-state index in [2.05, 4.69) is 137 Å². The van der Waals surface area contributed by atoms with Crippen LogP contribution in [-0.4, -0.2) is 19.1 Å². The van der Waals surface area contributed by atoms with Crippen LogP contribution in [0.4, 0.5) is 0 Å². The van der Waals surface area contributed by atoms with Crippen molar-refractivity contribution in [2.45, 2.75) is 106 Å². The monoisotopic (exact) mass is 769 g/mol. The van der Waals surface area contributed by atoms with Crippen molar-refractivity contribution >= 4 is 32.8 Å². The maximum absolute atomic E-state index is 8.99. The van der Waals surface area contributed by atoms with Crippen LogP contribution < -0.4 is 9.30 Å². The van der Waals surface area contributed by atoms with Crippen LogP contribution in [0.3, 0.4) is 0 Å². The Kier molecular flexibility index (Phi) is 8.81. The van der Waals surface area contributed by atoms with Gasteiger partial charge in [0, 0.05) is 32.0 Å². The van der Waals surface area contributed by atoms with Crippen LogP contribution in [0, 0.1) is 11.7 Å². The topological polar surface area (TPSA) is 48.8 Å². The van der Waals surface area contributed by atoms with Gasteiger partial charge in [-0.15, -0.1) is 0 Å². The van der Waals surface area contributed by atoms with Crippen LogP contribution in [0.15, 0.2) is 116 Å². The Morgan fingerprint density at radius 1 is 0.638 bits per heavy atom. The van der Waals surface area contributed by atoms with Crippen LogP contribution in [0.5, 0.6) is 11.5 Å². The van der Waals surface area contributed by atoms with Gasteiger partial charge in [0.25, 0.3) is 6.33 Å². The third kappa shape index (κ3) is 7.65. The van der Waals surface area contributed by atoms with Crippen LogP contribution >= 0.6 is 0 Å². The van der Waals surface area contributed by atoms with E-state index in [1.807, 2.05) is 63.4 Å². The van der Waals surface area contributed by atoms with Gasteiger partial charge in [0.05, 0.1) is 39.6 Å². The van der Waals surface area contributed by atoms with Gasteiger partial charge in [-0.2, -0.15) is 0 Å². The van der Waals surface area contributed by atoms with Gasteiger partial charge in [-0.1, -0.05) is 119 Å². The number of nitrogens with zero attached hydrogens (tertiary/aromatic N) is 5. The summed E-state index contributed by atoms with van der Waals surface area (Å²) in [7, 11) is 0. The molecule has 58 heavy (non-hydrogen) atoms. The number of ether oxygens (including phenoxy) is 1. The third-order valence-corrected chi connectivity index (χ3v) is 10.8. The molecular formula is C52H57N5O. The van der Waals surface area contributed by atoms with Gasteiger partial charge in [-0.25, -0.2) is 4.98 Å². The van der Waals surface area contributed by atoms with Crippen molar-refractivity contribution in [3.63, 3.8) is 0 Å². The Bertz CT molecular complexity index is 2890. The Hall–Kier alpha value is -5.75. The average molecular weight is 770 g/mol. The second-order valence-electron chi connectivity index (χ2n) is 19.8. The van der Waals surface area contributed by atoms with Crippen molar-refractivity contribution in [1.29, 1.82) is 0 Å². The van der Waals surface area contributed by atoms with Gasteiger partial charge in [0.15, 0.2) is 0 Å². The fraction of sp³-hybridized carbons (Fsp3) is 0.327. The molecule has 0 radical (unpaired) electrons. The molecule has 296 valence electrons. The summed E-state index contributed by atoms with van der Waals surface area (Å²) in [6.07, 6.45) is 7.47. The van der Waals surface area contributed by atoms with E-state index >= 15 is 0 Å². The Labute approximate surface area is 347 Å². The summed E-state index contributed by atoms with van der Waals surface area (Å²) in [5.41, 5.74) is 9.49. The highest BCUT2D eigenvalue weighted by Gasteiger charge is 2.24. The van der Waals surface area contributed by atoms with Crippen molar-refractivity contribution in [2.24, 2.45) is 5.41 Å². The lowest BCUT2D eigenvalue weighted by Crippen LogP contribution is -2.31. The average Bonchev–Trinajstić information content (AvgIpc) is 3.72. The normalized spacial score (nSPS) is 13.7. The molecule has 0 saturated carbocycles. The molecule has 0 aliphatic heterocycles. The van der Waals surface area contributed by atoms with Gasteiger partial charge in [0.2, 0.25) is 0 Å². The largest absolute Gasteiger partial charge is 0.456 e. The van der Waals surface area contributed by atoms with Crippen LogP contribution in [-0.2, 0) is 22.6 Å². The molecule has 8 aromatic rings. The lowest BCUT2D eigenvalue weighted by atomic mass is 9.80. The highest BCUT2D eigenvalue weighted by molar-refractivity contribution is 6.09. The number of hydrogen-bond donors (Lipinski definition) is 0. The van der Waals surface area contributed by atoms with Crippen molar-refractivity contribution in [3.05, 3.63) is 144 Å². The van der Waals surface area contributed by atoms with Gasteiger partial charge in [-0.05, 0) is 105 Å². The third-order valence-electron chi connectivity index (χ3n) is 10.8. The molecule has 4 heterocycles. The number of fused-ring (bicyclic) bond motifs is 4. The molecule has 0 unspecified atom stereocenters. The first kappa shape index (κ1) is 36.6. The van der Waals surface area contributed by atoms with Gasteiger partial charge in [0.1, 0.15) is 17.3 Å². The molecule has 4 aromatic carbocycles. The number of pyridine rings is 2. The van der Waals surface area contributed by atoms with E-state index in [-0.39, 0.29) is 16.2 Å². The van der Waals surface area contributed by atoms with Gasteiger partial charge < -0.3 is 4.74 Å². The number of rotatable bonds is 6.